The van der Waals surface area contributed by atoms with E-state index in [-0.39, 0.29) is 18.5 Å². The Balaban J connectivity index is 1.85. The maximum absolute atomic E-state index is 13.5. The van der Waals surface area contributed by atoms with Crippen LogP contribution >= 0.6 is 0 Å². The first-order valence-electron chi connectivity index (χ1n) is 13.9. The minimum atomic E-state index is -1.32. The lowest BCUT2D eigenvalue weighted by Crippen LogP contribution is -2.57. The number of nitrogens with zero attached hydrogens (tertiary/aromatic N) is 3. The molecule has 4 rings (SSSR count). The molecule has 40 heavy (non-hydrogen) atoms. The number of benzene rings is 2. The van der Waals surface area contributed by atoms with Gasteiger partial charge in [0.15, 0.2) is 5.54 Å². The molecule has 0 spiro atoms. The van der Waals surface area contributed by atoms with Crippen LogP contribution in [0.25, 0.3) is 16.8 Å². The fourth-order valence-electron chi connectivity index (χ4n) is 5.42. The van der Waals surface area contributed by atoms with Crippen LogP contribution in [-0.2, 0) is 37.4 Å². The first-order chi connectivity index (χ1) is 18.9. The van der Waals surface area contributed by atoms with E-state index in [1.54, 1.807) is 24.8 Å². The van der Waals surface area contributed by atoms with E-state index < -0.39 is 17.1 Å². The lowest BCUT2D eigenvalue weighted by molar-refractivity contribution is -0.164. The summed E-state index contributed by atoms with van der Waals surface area (Å²) in [5, 5.41) is 0. The summed E-state index contributed by atoms with van der Waals surface area (Å²) in [6.45, 7) is 13.2. The third kappa shape index (κ3) is 5.40. The van der Waals surface area contributed by atoms with Crippen molar-refractivity contribution in [2.75, 3.05) is 13.2 Å². The molecule has 0 fully saturated rings. The van der Waals surface area contributed by atoms with Crippen molar-refractivity contribution in [3.05, 3.63) is 71.3 Å². The highest BCUT2D eigenvalue weighted by Gasteiger charge is 2.51. The van der Waals surface area contributed by atoms with Gasteiger partial charge in [0.25, 0.3) is 0 Å². The highest BCUT2D eigenvalue weighted by atomic mass is 16.6. The molecule has 1 aliphatic heterocycles. The second-order valence-electron chi connectivity index (χ2n) is 11.2. The van der Waals surface area contributed by atoms with E-state index in [1.165, 1.54) is 6.92 Å². The number of esters is 2. The number of aryl methyl sites for hydroxylation is 1. The first kappa shape index (κ1) is 29.1. The fraction of sp³-hybridized carbons (Fsp3) is 0.438. The molecule has 1 atom stereocenters. The van der Waals surface area contributed by atoms with Crippen molar-refractivity contribution in [2.45, 2.75) is 78.9 Å². The second kappa shape index (κ2) is 11.3. The molecule has 0 aliphatic carbocycles. The molecule has 2 heterocycles. The van der Waals surface area contributed by atoms with Gasteiger partial charge in [0, 0.05) is 32.0 Å². The van der Waals surface area contributed by atoms with Crippen LogP contribution in [0.15, 0.2) is 48.5 Å². The number of amides is 1. The van der Waals surface area contributed by atoms with Gasteiger partial charge in [-0.25, -0.2) is 14.6 Å². The van der Waals surface area contributed by atoms with Crippen molar-refractivity contribution in [2.24, 2.45) is 0 Å². The van der Waals surface area contributed by atoms with E-state index in [0.717, 1.165) is 34.8 Å². The van der Waals surface area contributed by atoms with E-state index in [2.05, 4.69) is 6.92 Å². The number of carbonyl (C=O) groups is 3. The Morgan fingerprint density at radius 2 is 1.70 bits per heavy atom. The molecule has 0 N–H and O–H groups in total. The molecular formula is C32H39N3O5. The molecule has 0 bridgehead atoms. The van der Waals surface area contributed by atoms with Crippen molar-refractivity contribution >= 4 is 17.8 Å². The summed E-state index contributed by atoms with van der Waals surface area (Å²) in [7, 11) is 0. The molecule has 1 unspecified atom stereocenters. The average molecular weight is 546 g/mol. The Kier molecular flexibility index (Phi) is 8.19. The molecule has 1 aliphatic rings. The van der Waals surface area contributed by atoms with Crippen LogP contribution in [0.5, 0.6) is 0 Å². The van der Waals surface area contributed by atoms with E-state index >= 15 is 0 Å². The Morgan fingerprint density at radius 1 is 1.02 bits per heavy atom. The number of hydrogen-bond donors (Lipinski definition) is 0. The van der Waals surface area contributed by atoms with Crippen molar-refractivity contribution in [3.8, 4) is 16.8 Å². The maximum Gasteiger partial charge on any atom is 0.339 e. The monoisotopic (exact) mass is 545 g/mol. The van der Waals surface area contributed by atoms with E-state index in [4.69, 9.17) is 14.5 Å². The predicted octanol–water partition coefficient (Wildman–Crippen LogP) is 5.63. The summed E-state index contributed by atoms with van der Waals surface area (Å²) in [6, 6.07) is 15.2. The third-order valence-electron chi connectivity index (χ3n) is 7.10. The molecule has 0 saturated carbocycles. The Morgan fingerprint density at radius 3 is 2.30 bits per heavy atom. The summed E-state index contributed by atoms with van der Waals surface area (Å²) >= 11 is 0. The molecule has 1 aromatic heterocycles. The van der Waals surface area contributed by atoms with Gasteiger partial charge >= 0.3 is 11.9 Å². The van der Waals surface area contributed by atoms with Crippen LogP contribution in [0.4, 0.5) is 0 Å². The average Bonchev–Trinajstić information content (AvgIpc) is 3.27. The fourth-order valence-corrected chi connectivity index (χ4v) is 5.42. The minimum absolute atomic E-state index is 0.194. The largest absolute Gasteiger partial charge is 0.464 e. The predicted molar refractivity (Wildman–Crippen MR) is 153 cm³/mol. The number of ether oxygens (including phenoxy) is 2. The second-order valence-corrected chi connectivity index (χ2v) is 11.2. The number of fused-ring (bicyclic) bond motifs is 1. The lowest BCUT2D eigenvalue weighted by Gasteiger charge is -2.42. The van der Waals surface area contributed by atoms with Crippen molar-refractivity contribution in [3.63, 3.8) is 0 Å². The summed E-state index contributed by atoms with van der Waals surface area (Å²) < 4.78 is 13.2. The van der Waals surface area contributed by atoms with Gasteiger partial charge < -0.3 is 14.4 Å². The number of rotatable bonds is 7. The molecule has 3 aromatic rings. The van der Waals surface area contributed by atoms with E-state index in [0.29, 0.717) is 30.6 Å². The molecule has 212 valence electrons. The zero-order chi connectivity index (χ0) is 29.2. The van der Waals surface area contributed by atoms with Gasteiger partial charge in [-0.2, -0.15) is 0 Å². The van der Waals surface area contributed by atoms with Gasteiger partial charge in [-0.1, -0.05) is 37.3 Å². The normalized spacial score (nSPS) is 16.8. The Labute approximate surface area is 236 Å². The standard InChI is InChI=1S/C32H39N3O5/c1-8-12-27-33-26-19-20-34(21(3)36)32(7,30(38)39-9-2)28(26)35(27)23-17-15-22(16-18-23)24-13-10-11-14-25(24)29(37)40-31(4,5)6/h10-11,13-18H,8-9,12,19-20H2,1-7H3. The molecule has 1 amide bonds. The van der Waals surface area contributed by atoms with Crippen LogP contribution in [-0.4, -0.2) is 51.0 Å². The summed E-state index contributed by atoms with van der Waals surface area (Å²) in [4.78, 5) is 45.7. The van der Waals surface area contributed by atoms with E-state index in [1.807, 2.05) is 67.8 Å². The van der Waals surface area contributed by atoms with Crippen LogP contribution in [0.1, 0.15) is 82.5 Å². The maximum atomic E-state index is 13.5. The van der Waals surface area contributed by atoms with E-state index in [9.17, 15) is 14.4 Å². The quantitative estimate of drug-likeness (QED) is 0.358. The zero-order valence-corrected chi connectivity index (χ0v) is 24.5. The van der Waals surface area contributed by atoms with Crippen molar-refractivity contribution in [1.82, 2.24) is 14.5 Å². The highest BCUT2D eigenvalue weighted by Crippen LogP contribution is 2.39. The number of carbonyl (C=O) groups excluding carboxylic acids is 3. The topological polar surface area (TPSA) is 90.7 Å². The molecule has 0 saturated heterocycles. The first-order valence-corrected chi connectivity index (χ1v) is 13.9. The summed E-state index contributed by atoms with van der Waals surface area (Å²) in [5.74, 6) is -0.218. The van der Waals surface area contributed by atoms with Gasteiger partial charge in [0.05, 0.1) is 23.6 Å². The van der Waals surface area contributed by atoms with Crippen LogP contribution < -0.4 is 0 Å². The number of imidazole rings is 1. The number of aromatic nitrogens is 2. The van der Waals surface area contributed by atoms with Crippen LogP contribution in [0.3, 0.4) is 0 Å². The Hall–Kier alpha value is -3.94. The molecule has 0 radical (unpaired) electrons. The molecular weight excluding hydrogens is 506 g/mol. The molecule has 8 nitrogen and oxygen atoms in total. The van der Waals surface area contributed by atoms with Gasteiger partial charge in [0.2, 0.25) is 5.91 Å². The van der Waals surface area contributed by atoms with Gasteiger partial charge in [-0.05, 0) is 70.4 Å². The number of hydrogen-bond acceptors (Lipinski definition) is 6. The zero-order valence-electron chi connectivity index (χ0n) is 24.5. The summed E-state index contributed by atoms with van der Waals surface area (Å²) in [6.07, 6.45) is 2.12. The van der Waals surface area contributed by atoms with Crippen molar-refractivity contribution in [1.29, 1.82) is 0 Å². The molecule has 8 heteroatoms. The SMILES string of the molecule is CCCc1nc2c(n1-c1ccc(-c3ccccc3C(=O)OC(C)(C)C)cc1)C(C)(C(=O)OCC)N(C(C)=O)CC2. The van der Waals surface area contributed by atoms with Gasteiger partial charge in [-0.3, -0.25) is 9.36 Å². The summed E-state index contributed by atoms with van der Waals surface area (Å²) in [5.41, 5.74) is 2.47. The minimum Gasteiger partial charge on any atom is -0.464 e. The van der Waals surface area contributed by atoms with Crippen LogP contribution in [0.2, 0.25) is 0 Å². The van der Waals surface area contributed by atoms with Crippen molar-refractivity contribution < 1.29 is 23.9 Å². The lowest BCUT2D eigenvalue weighted by atomic mass is 9.88. The Bertz CT molecular complexity index is 1420. The van der Waals surface area contributed by atoms with Crippen LogP contribution in [0, 0.1) is 0 Å². The molecule has 2 aromatic carbocycles. The van der Waals surface area contributed by atoms with Gasteiger partial charge in [-0.15, -0.1) is 0 Å². The van der Waals surface area contributed by atoms with Gasteiger partial charge in [0.1, 0.15) is 11.4 Å². The highest BCUT2D eigenvalue weighted by molar-refractivity contribution is 5.97. The smallest absolute Gasteiger partial charge is 0.339 e. The third-order valence-corrected chi connectivity index (χ3v) is 7.10.